The van der Waals surface area contributed by atoms with Crippen LogP contribution in [-0.2, 0) is 24.3 Å². The number of rotatable bonds is 8. The van der Waals surface area contributed by atoms with Gasteiger partial charge in [0, 0.05) is 37.2 Å². The van der Waals surface area contributed by atoms with Gasteiger partial charge < -0.3 is 14.8 Å². The van der Waals surface area contributed by atoms with Gasteiger partial charge in [0.2, 0.25) is 10.0 Å². The SMILES string of the molecule is O=C(COC(=O)C1CCN(S(=O)(=O)c2cccnc2)CC1)Nc1cccc(Oc2ccccc2)c1. The van der Waals surface area contributed by atoms with Crippen molar-refractivity contribution in [1.29, 1.82) is 0 Å². The fraction of sp³-hybridized carbons (Fsp3) is 0.240. The van der Waals surface area contributed by atoms with Gasteiger partial charge >= 0.3 is 5.97 Å². The van der Waals surface area contributed by atoms with Crippen molar-refractivity contribution < 1.29 is 27.5 Å². The number of ether oxygens (including phenoxy) is 2. The Bertz CT molecular complexity index is 1260. The summed E-state index contributed by atoms with van der Waals surface area (Å²) >= 11 is 0. The van der Waals surface area contributed by atoms with Gasteiger partial charge in [-0.3, -0.25) is 14.6 Å². The zero-order valence-corrected chi connectivity index (χ0v) is 19.7. The highest BCUT2D eigenvalue weighted by atomic mass is 32.2. The van der Waals surface area contributed by atoms with Crippen LogP contribution in [-0.4, -0.2) is 49.3 Å². The Morgan fingerprint density at radius 1 is 0.971 bits per heavy atom. The molecule has 0 atom stereocenters. The standard InChI is InChI=1S/C25H25N3O6S/c29-24(27-20-6-4-9-22(16-20)34-21-7-2-1-3-8-21)18-33-25(30)19-11-14-28(15-12-19)35(31,32)23-10-5-13-26-17-23/h1-10,13,16-17,19H,11-12,14-15,18H2,(H,27,29). The van der Waals surface area contributed by atoms with E-state index in [1.807, 2.05) is 30.3 Å². The molecule has 0 saturated carbocycles. The molecule has 1 saturated heterocycles. The molecule has 2 heterocycles. The topological polar surface area (TPSA) is 115 Å². The van der Waals surface area contributed by atoms with Gasteiger partial charge in [-0.1, -0.05) is 24.3 Å². The first kappa shape index (κ1) is 24.4. The van der Waals surface area contributed by atoms with E-state index in [0.29, 0.717) is 30.0 Å². The zero-order valence-electron chi connectivity index (χ0n) is 18.9. The van der Waals surface area contributed by atoms with Gasteiger partial charge in [0.15, 0.2) is 6.61 Å². The third-order valence-electron chi connectivity index (χ3n) is 5.50. The van der Waals surface area contributed by atoms with Crippen molar-refractivity contribution in [2.75, 3.05) is 25.0 Å². The Balaban J connectivity index is 1.24. The molecule has 35 heavy (non-hydrogen) atoms. The van der Waals surface area contributed by atoms with E-state index in [2.05, 4.69) is 10.3 Å². The summed E-state index contributed by atoms with van der Waals surface area (Å²) in [5, 5.41) is 2.68. The summed E-state index contributed by atoms with van der Waals surface area (Å²) in [6.45, 7) is -0.0500. The molecule has 1 N–H and O–H groups in total. The summed E-state index contributed by atoms with van der Waals surface area (Å²) in [6.07, 6.45) is 3.45. The van der Waals surface area contributed by atoms with Crippen LogP contribution in [0.3, 0.4) is 0 Å². The lowest BCUT2D eigenvalue weighted by Crippen LogP contribution is -2.40. The van der Waals surface area contributed by atoms with Crippen molar-refractivity contribution in [2.45, 2.75) is 17.7 Å². The van der Waals surface area contributed by atoms with E-state index in [4.69, 9.17) is 9.47 Å². The quantitative estimate of drug-likeness (QED) is 0.476. The second-order valence-electron chi connectivity index (χ2n) is 7.97. The van der Waals surface area contributed by atoms with E-state index in [9.17, 15) is 18.0 Å². The number of sulfonamides is 1. The highest BCUT2D eigenvalue weighted by Gasteiger charge is 2.33. The Morgan fingerprint density at radius 3 is 2.43 bits per heavy atom. The molecule has 0 aliphatic carbocycles. The molecule has 1 fully saturated rings. The molecule has 182 valence electrons. The summed E-state index contributed by atoms with van der Waals surface area (Å²) in [4.78, 5) is 28.7. The smallest absolute Gasteiger partial charge is 0.309 e. The normalized spacial score (nSPS) is 14.7. The number of hydrogen-bond donors (Lipinski definition) is 1. The van der Waals surface area contributed by atoms with Gasteiger partial charge in [-0.15, -0.1) is 0 Å². The number of nitrogens with zero attached hydrogens (tertiary/aromatic N) is 2. The van der Waals surface area contributed by atoms with Crippen LogP contribution in [0.1, 0.15) is 12.8 Å². The maximum absolute atomic E-state index is 12.7. The predicted molar refractivity (Wildman–Crippen MR) is 128 cm³/mol. The van der Waals surface area contributed by atoms with Crippen LogP contribution in [0.2, 0.25) is 0 Å². The van der Waals surface area contributed by atoms with Crippen molar-refractivity contribution in [2.24, 2.45) is 5.92 Å². The lowest BCUT2D eigenvalue weighted by atomic mass is 9.98. The molecule has 0 unspecified atom stereocenters. The zero-order chi connectivity index (χ0) is 24.7. The Morgan fingerprint density at radius 2 is 1.71 bits per heavy atom. The maximum Gasteiger partial charge on any atom is 0.309 e. The van der Waals surface area contributed by atoms with Crippen molar-refractivity contribution >= 4 is 27.6 Å². The average Bonchev–Trinajstić information content (AvgIpc) is 2.89. The number of pyridine rings is 1. The number of carbonyl (C=O) groups is 2. The molecular formula is C25H25N3O6S. The van der Waals surface area contributed by atoms with Gasteiger partial charge in [0.05, 0.1) is 5.92 Å². The second kappa shape index (κ2) is 11.1. The summed E-state index contributed by atoms with van der Waals surface area (Å²) in [6, 6.07) is 19.2. The lowest BCUT2D eigenvalue weighted by molar-refractivity contribution is -0.152. The molecule has 1 amide bonds. The Labute approximate surface area is 203 Å². The lowest BCUT2D eigenvalue weighted by Gasteiger charge is -2.29. The second-order valence-corrected chi connectivity index (χ2v) is 9.90. The number of para-hydroxylation sites is 1. The van der Waals surface area contributed by atoms with Crippen LogP contribution in [0.4, 0.5) is 5.69 Å². The van der Waals surface area contributed by atoms with Crippen molar-refractivity contribution in [3.63, 3.8) is 0 Å². The fourth-order valence-corrected chi connectivity index (χ4v) is 5.13. The fourth-order valence-electron chi connectivity index (χ4n) is 3.69. The first-order chi connectivity index (χ1) is 16.9. The van der Waals surface area contributed by atoms with Crippen LogP contribution >= 0.6 is 0 Å². The molecule has 10 heteroatoms. The predicted octanol–water partition coefficient (Wildman–Crippen LogP) is 3.46. The molecule has 0 bridgehead atoms. The molecule has 1 aliphatic rings. The summed E-state index contributed by atoms with van der Waals surface area (Å²) < 4.78 is 37.7. The number of nitrogens with one attached hydrogen (secondary N) is 1. The highest BCUT2D eigenvalue weighted by molar-refractivity contribution is 7.89. The van der Waals surface area contributed by atoms with Crippen molar-refractivity contribution in [3.8, 4) is 11.5 Å². The van der Waals surface area contributed by atoms with Crippen LogP contribution in [0.15, 0.2) is 84.0 Å². The third kappa shape index (κ3) is 6.43. The van der Waals surface area contributed by atoms with E-state index < -0.39 is 34.4 Å². The van der Waals surface area contributed by atoms with Gasteiger partial charge in [0.1, 0.15) is 16.4 Å². The molecule has 4 rings (SSSR count). The Hall–Kier alpha value is -3.76. The summed E-state index contributed by atoms with van der Waals surface area (Å²) in [5.74, 6) is -0.236. The number of anilines is 1. The van der Waals surface area contributed by atoms with Crippen LogP contribution in [0.25, 0.3) is 0 Å². The number of benzene rings is 2. The number of aromatic nitrogens is 1. The largest absolute Gasteiger partial charge is 0.457 e. The van der Waals surface area contributed by atoms with Crippen LogP contribution < -0.4 is 10.1 Å². The third-order valence-corrected chi connectivity index (χ3v) is 7.38. The molecule has 0 spiro atoms. The average molecular weight is 496 g/mol. The van der Waals surface area contributed by atoms with Gasteiger partial charge in [-0.25, -0.2) is 8.42 Å². The minimum Gasteiger partial charge on any atom is -0.457 e. The number of carbonyl (C=O) groups excluding carboxylic acids is 2. The van der Waals surface area contributed by atoms with Crippen molar-refractivity contribution in [1.82, 2.24) is 9.29 Å². The summed E-state index contributed by atoms with van der Waals surface area (Å²) in [7, 11) is -3.65. The molecule has 3 aromatic rings. The highest BCUT2D eigenvalue weighted by Crippen LogP contribution is 2.25. The van der Waals surface area contributed by atoms with Crippen LogP contribution in [0.5, 0.6) is 11.5 Å². The van der Waals surface area contributed by atoms with E-state index in [1.54, 1.807) is 30.3 Å². The molecular weight excluding hydrogens is 470 g/mol. The first-order valence-electron chi connectivity index (χ1n) is 11.1. The van der Waals surface area contributed by atoms with Gasteiger partial charge in [-0.2, -0.15) is 4.31 Å². The number of hydrogen-bond acceptors (Lipinski definition) is 7. The molecule has 9 nitrogen and oxygen atoms in total. The number of piperidine rings is 1. The van der Waals surface area contributed by atoms with E-state index in [0.717, 1.165) is 0 Å². The van der Waals surface area contributed by atoms with Crippen molar-refractivity contribution in [3.05, 3.63) is 79.1 Å². The number of esters is 1. The number of amides is 1. The molecule has 1 aliphatic heterocycles. The van der Waals surface area contributed by atoms with Crippen LogP contribution in [0, 0.1) is 5.92 Å². The maximum atomic E-state index is 12.7. The molecule has 2 aromatic carbocycles. The van der Waals surface area contributed by atoms with E-state index in [-0.39, 0.29) is 18.0 Å². The monoisotopic (exact) mass is 495 g/mol. The van der Waals surface area contributed by atoms with E-state index in [1.165, 1.54) is 22.8 Å². The van der Waals surface area contributed by atoms with E-state index >= 15 is 0 Å². The van der Waals surface area contributed by atoms with Gasteiger partial charge in [0.25, 0.3) is 5.91 Å². The summed E-state index contributed by atoms with van der Waals surface area (Å²) in [5.41, 5.74) is 0.508. The first-order valence-corrected chi connectivity index (χ1v) is 12.6. The minimum absolute atomic E-state index is 0.121. The van der Waals surface area contributed by atoms with Gasteiger partial charge in [-0.05, 0) is 49.2 Å². The molecule has 1 aromatic heterocycles. The molecule has 0 radical (unpaired) electrons. The Kier molecular flexibility index (Phi) is 7.74. The minimum atomic E-state index is -3.65.